The number of carbonyl (C=O) groups excluding carboxylic acids is 2. The van der Waals surface area contributed by atoms with Crippen molar-refractivity contribution >= 4 is 23.2 Å². The third-order valence-corrected chi connectivity index (χ3v) is 3.95. The average Bonchev–Trinajstić information content (AvgIpc) is 2.59. The molecule has 1 aliphatic rings. The van der Waals surface area contributed by atoms with E-state index in [-0.39, 0.29) is 30.2 Å². The van der Waals surface area contributed by atoms with E-state index in [2.05, 4.69) is 5.32 Å². The van der Waals surface area contributed by atoms with Crippen LogP contribution < -0.4 is 15.0 Å². The number of anilines is 2. The van der Waals surface area contributed by atoms with Crippen LogP contribution in [-0.4, -0.2) is 18.4 Å². The average molecular weight is 342 g/mol. The summed E-state index contributed by atoms with van der Waals surface area (Å²) in [5.41, 5.74) is 2.07. The summed E-state index contributed by atoms with van der Waals surface area (Å²) < 4.78 is 18.6. The molecule has 1 N–H and O–H groups in total. The highest BCUT2D eigenvalue weighted by atomic mass is 19.1. The van der Waals surface area contributed by atoms with Gasteiger partial charge in [-0.25, -0.2) is 4.39 Å². The van der Waals surface area contributed by atoms with Gasteiger partial charge in [-0.1, -0.05) is 26.0 Å². The van der Waals surface area contributed by atoms with Gasteiger partial charge in [-0.3, -0.25) is 9.59 Å². The Labute approximate surface area is 145 Å². The fourth-order valence-corrected chi connectivity index (χ4v) is 2.51. The first-order valence-corrected chi connectivity index (χ1v) is 8.06. The normalized spacial score (nSPS) is 13.4. The molecule has 3 rings (SSSR count). The van der Waals surface area contributed by atoms with Gasteiger partial charge in [0.1, 0.15) is 11.6 Å². The summed E-state index contributed by atoms with van der Waals surface area (Å²) in [6, 6.07) is 11.2. The van der Waals surface area contributed by atoms with Crippen molar-refractivity contribution in [2.45, 2.75) is 20.4 Å². The highest BCUT2D eigenvalue weighted by Crippen LogP contribution is 2.35. The molecule has 130 valence electrons. The first-order valence-electron chi connectivity index (χ1n) is 8.06. The van der Waals surface area contributed by atoms with Crippen LogP contribution in [0.3, 0.4) is 0 Å². The minimum Gasteiger partial charge on any atom is -0.481 e. The molecule has 2 aromatic rings. The van der Waals surface area contributed by atoms with Crippen molar-refractivity contribution in [2.24, 2.45) is 5.92 Å². The van der Waals surface area contributed by atoms with Crippen molar-refractivity contribution in [1.29, 1.82) is 0 Å². The van der Waals surface area contributed by atoms with E-state index < -0.39 is 0 Å². The number of rotatable bonds is 4. The molecule has 0 radical (unpaired) electrons. The van der Waals surface area contributed by atoms with E-state index in [1.165, 1.54) is 12.1 Å². The molecule has 0 saturated carbocycles. The van der Waals surface area contributed by atoms with Gasteiger partial charge in [0.25, 0.3) is 5.91 Å². The second-order valence-corrected chi connectivity index (χ2v) is 6.22. The molecule has 0 aromatic heterocycles. The predicted molar refractivity (Wildman–Crippen MR) is 93.0 cm³/mol. The number of nitrogens with zero attached hydrogens (tertiary/aromatic N) is 1. The molecule has 25 heavy (non-hydrogen) atoms. The van der Waals surface area contributed by atoms with Crippen LogP contribution in [0.25, 0.3) is 0 Å². The standard InChI is InChI=1S/C19H19FN2O3/c1-12(2)19(24)21-15-7-8-16-17(9-15)25-11-18(23)22(16)10-13-3-5-14(20)6-4-13/h3-9,12H,10-11H2,1-2H3,(H,21,24). The zero-order valence-corrected chi connectivity index (χ0v) is 14.1. The van der Waals surface area contributed by atoms with E-state index in [0.717, 1.165) is 5.56 Å². The Bertz CT molecular complexity index is 803. The molecule has 1 aliphatic heterocycles. The molecule has 0 fully saturated rings. The topological polar surface area (TPSA) is 58.6 Å². The van der Waals surface area contributed by atoms with Crippen molar-refractivity contribution in [3.63, 3.8) is 0 Å². The van der Waals surface area contributed by atoms with E-state index in [0.29, 0.717) is 23.7 Å². The Hall–Kier alpha value is -2.89. The largest absolute Gasteiger partial charge is 0.481 e. The van der Waals surface area contributed by atoms with Crippen molar-refractivity contribution < 1.29 is 18.7 Å². The van der Waals surface area contributed by atoms with Crippen molar-refractivity contribution in [3.05, 3.63) is 53.8 Å². The van der Waals surface area contributed by atoms with Gasteiger partial charge in [0, 0.05) is 17.7 Å². The summed E-state index contributed by atoms with van der Waals surface area (Å²) in [4.78, 5) is 25.7. The molecular weight excluding hydrogens is 323 g/mol. The number of halogens is 1. The van der Waals surface area contributed by atoms with Gasteiger partial charge in [0.05, 0.1) is 12.2 Å². The van der Waals surface area contributed by atoms with Crippen LogP contribution >= 0.6 is 0 Å². The summed E-state index contributed by atoms with van der Waals surface area (Å²) >= 11 is 0. The van der Waals surface area contributed by atoms with E-state index in [1.807, 2.05) is 13.8 Å². The third-order valence-electron chi connectivity index (χ3n) is 3.95. The van der Waals surface area contributed by atoms with Gasteiger partial charge >= 0.3 is 0 Å². The van der Waals surface area contributed by atoms with E-state index in [1.54, 1.807) is 35.2 Å². The Kier molecular flexibility index (Phi) is 4.70. The first-order chi connectivity index (χ1) is 11.9. The minimum atomic E-state index is -0.317. The minimum absolute atomic E-state index is 0.0736. The molecule has 0 saturated heterocycles. The highest BCUT2D eigenvalue weighted by Gasteiger charge is 2.26. The molecular formula is C19H19FN2O3. The number of ether oxygens (including phenoxy) is 1. The summed E-state index contributed by atoms with van der Waals surface area (Å²) in [6.45, 7) is 3.88. The lowest BCUT2D eigenvalue weighted by Crippen LogP contribution is -2.38. The first kappa shape index (κ1) is 17.0. The van der Waals surface area contributed by atoms with Crippen LogP contribution in [0.2, 0.25) is 0 Å². The Morgan fingerprint density at radius 2 is 1.96 bits per heavy atom. The highest BCUT2D eigenvalue weighted by molar-refractivity contribution is 5.99. The molecule has 0 spiro atoms. The Morgan fingerprint density at radius 3 is 2.64 bits per heavy atom. The van der Waals surface area contributed by atoms with E-state index in [4.69, 9.17) is 4.74 Å². The number of fused-ring (bicyclic) bond motifs is 1. The summed E-state index contributed by atoms with van der Waals surface area (Å²) in [7, 11) is 0. The predicted octanol–water partition coefficient (Wildman–Crippen LogP) is 3.35. The van der Waals surface area contributed by atoms with Crippen LogP contribution in [0, 0.1) is 11.7 Å². The molecule has 0 unspecified atom stereocenters. The number of benzene rings is 2. The number of carbonyl (C=O) groups is 2. The second-order valence-electron chi connectivity index (χ2n) is 6.22. The quantitative estimate of drug-likeness (QED) is 0.927. The van der Waals surface area contributed by atoms with Crippen LogP contribution in [0.5, 0.6) is 5.75 Å². The lowest BCUT2D eigenvalue weighted by Gasteiger charge is -2.30. The Balaban J connectivity index is 1.84. The zero-order valence-electron chi connectivity index (χ0n) is 14.1. The molecule has 0 atom stereocenters. The number of nitrogens with one attached hydrogen (secondary N) is 1. The molecule has 6 heteroatoms. The second kappa shape index (κ2) is 6.93. The van der Waals surface area contributed by atoms with E-state index >= 15 is 0 Å². The molecule has 2 aromatic carbocycles. The molecule has 1 heterocycles. The molecule has 0 aliphatic carbocycles. The maximum atomic E-state index is 13.1. The van der Waals surface area contributed by atoms with Gasteiger partial charge in [-0.2, -0.15) is 0 Å². The molecule has 0 bridgehead atoms. The van der Waals surface area contributed by atoms with Crippen LogP contribution in [0.15, 0.2) is 42.5 Å². The molecule has 2 amide bonds. The summed E-state index contributed by atoms with van der Waals surface area (Å²) in [6.07, 6.45) is 0. The maximum absolute atomic E-state index is 13.1. The van der Waals surface area contributed by atoms with Crippen LogP contribution in [0.1, 0.15) is 19.4 Å². The van der Waals surface area contributed by atoms with Crippen molar-refractivity contribution in [1.82, 2.24) is 0 Å². The Morgan fingerprint density at radius 1 is 1.24 bits per heavy atom. The number of hydrogen-bond donors (Lipinski definition) is 1. The monoisotopic (exact) mass is 342 g/mol. The van der Waals surface area contributed by atoms with Crippen molar-refractivity contribution in [2.75, 3.05) is 16.8 Å². The third kappa shape index (κ3) is 3.79. The fraction of sp³-hybridized carbons (Fsp3) is 0.263. The lowest BCUT2D eigenvalue weighted by molar-refractivity contribution is -0.121. The van der Waals surface area contributed by atoms with Gasteiger partial charge < -0.3 is 15.0 Å². The van der Waals surface area contributed by atoms with Gasteiger partial charge in [-0.15, -0.1) is 0 Å². The molecule has 5 nitrogen and oxygen atoms in total. The number of hydrogen-bond acceptors (Lipinski definition) is 3. The van der Waals surface area contributed by atoms with Gasteiger partial charge in [-0.05, 0) is 29.8 Å². The van der Waals surface area contributed by atoms with Gasteiger partial charge in [0.2, 0.25) is 5.91 Å². The van der Waals surface area contributed by atoms with E-state index in [9.17, 15) is 14.0 Å². The lowest BCUT2D eigenvalue weighted by atomic mass is 10.1. The van der Waals surface area contributed by atoms with Crippen LogP contribution in [0.4, 0.5) is 15.8 Å². The van der Waals surface area contributed by atoms with Crippen LogP contribution in [-0.2, 0) is 16.1 Å². The maximum Gasteiger partial charge on any atom is 0.265 e. The summed E-state index contributed by atoms with van der Waals surface area (Å²) in [5, 5.41) is 2.81. The smallest absolute Gasteiger partial charge is 0.265 e. The number of amides is 2. The van der Waals surface area contributed by atoms with Gasteiger partial charge in [0.15, 0.2) is 6.61 Å². The SMILES string of the molecule is CC(C)C(=O)Nc1ccc2c(c1)OCC(=O)N2Cc1ccc(F)cc1. The van der Waals surface area contributed by atoms with Crippen molar-refractivity contribution in [3.8, 4) is 5.75 Å². The fourth-order valence-electron chi connectivity index (χ4n) is 2.51. The summed E-state index contributed by atoms with van der Waals surface area (Å²) in [5.74, 6) is -0.175. The zero-order chi connectivity index (χ0) is 18.0.